The first-order chi connectivity index (χ1) is 19.1. The zero-order chi connectivity index (χ0) is 25.9. The minimum atomic E-state index is -0.0785. The van der Waals surface area contributed by atoms with E-state index >= 15 is 0 Å². The summed E-state index contributed by atoms with van der Waals surface area (Å²) in [6.07, 6.45) is 0. The fraction of sp³-hybridized carbons (Fsp3) is 0.0811. The van der Waals surface area contributed by atoms with E-state index in [1.54, 1.807) is 0 Å². The predicted molar refractivity (Wildman–Crippen MR) is 163 cm³/mol. The zero-order valence-corrected chi connectivity index (χ0v) is 21.8. The third-order valence-corrected chi connectivity index (χ3v) is 8.96. The van der Waals surface area contributed by atoms with E-state index in [9.17, 15) is 0 Å². The highest BCUT2D eigenvalue weighted by atomic mass is 16.3. The van der Waals surface area contributed by atoms with Gasteiger partial charge in [-0.05, 0) is 75.5 Å². The van der Waals surface area contributed by atoms with Crippen LogP contribution in [-0.2, 0) is 5.41 Å². The van der Waals surface area contributed by atoms with Gasteiger partial charge in [0.1, 0.15) is 5.58 Å². The Kier molecular flexibility index (Phi) is 3.89. The van der Waals surface area contributed by atoms with Crippen LogP contribution in [-0.4, -0.2) is 4.57 Å². The van der Waals surface area contributed by atoms with Crippen LogP contribution in [0.5, 0.6) is 0 Å². The summed E-state index contributed by atoms with van der Waals surface area (Å²) in [6.45, 7) is 4.74. The number of fused-ring (bicyclic) bond motifs is 10. The van der Waals surface area contributed by atoms with Crippen LogP contribution < -0.4 is 0 Å². The van der Waals surface area contributed by atoms with Gasteiger partial charge in [-0.2, -0.15) is 0 Å². The van der Waals surface area contributed by atoms with E-state index < -0.39 is 0 Å². The molecule has 0 bridgehead atoms. The maximum absolute atomic E-state index is 6.51. The monoisotopic (exact) mass is 499 g/mol. The number of para-hydroxylation sites is 3. The third kappa shape index (κ3) is 2.66. The van der Waals surface area contributed by atoms with Gasteiger partial charge in [-0.1, -0.05) is 86.6 Å². The van der Waals surface area contributed by atoms with Gasteiger partial charge in [0.2, 0.25) is 0 Å². The van der Waals surface area contributed by atoms with Crippen molar-refractivity contribution in [3.63, 3.8) is 0 Å². The highest BCUT2D eigenvalue weighted by molar-refractivity contribution is 6.14. The Balaban J connectivity index is 1.43. The van der Waals surface area contributed by atoms with Crippen molar-refractivity contribution in [1.29, 1.82) is 0 Å². The summed E-state index contributed by atoms with van der Waals surface area (Å²) in [5.41, 5.74) is 10.7. The van der Waals surface area contributed by atoms with E-state index in [1.807, 2.05) is 6.07 Å². The molecule has 0 spiro atoms. The van der Waals surface area contributed by atoms with Crippen LogP contribution in [0.4, 0.5) is 0 Å². The Morgan fingerprint density at radius 3 is 2.08 bits per heavy atom. The minimum absolute atomic E-state index is 0.0785. The van der Waals surface area contributed by atoms with Gasteiger partial charge in [0, 0.05) is 27.0 Å². The standard InChI is InChI=1S/C37H25NO/c1-37(2)30-19-23-11-4-3-10-22(23)18-27(30)28-21-34-29(20-31(28)37)24-12-5-7-15-32(24)38(34)33-16-9-14-26-25-13-6-8-17-35(25)39-36(26)33/h3-21H,1-2H3. The average Bonchev–Trinajstić information content (AvgIpc) is 3.57. The quantitative estimate of drug-likeness (QED) is 0.220. The van der Waals surface area contributed by atoms with Gasteiger partial charge >= 0.3 is 0 Å². The van der Waals surface area contributed by atoms with Crippen molar-refractivity contribution in [3.8, 4) is 16.8 Å². The molecule has 2 heteroatoms. The molecule has 8 aromatic rings. The zero-order valence-electron chi connectivity index (χ0n) is 21.8. The average molecular weight is 500 g/mol. The first-order valence-corrected chi connectivity index (χ1v) is 13.6. The van der Waals surface area contributed by atoms with Gasteiger partial charge in [-0.25, -0.2) is 0 Å². The van der Waals surface area contributed by atoms with Crippen molar-refractivity contribution in [2.45, 2.75) is 19.3 Å². The normalized spacial score (nSPS) is 14.1. The molecule has 0 atom stereocenters. The van der Waals surface area contributed by atoms with Crippen LogP contribution in [0.2, 0.25) is 0 Å². The molecule has 9 rings (SSSR count). The molecule has 39 heavy (non-hydrogen) atoms. The lowest BCUT2D eigenvalue weighted by atomic mass is 9.81. The number of nitrogens with zero attached hydrogens (tertiary/aromatic N) is 1. The fourth-order valence-electron chi connectivity index (χ4n) is 7.05. The minimum Gasteiger partial charge on any atom is -0.454 e. The molecule has 0 radical (unpaired) electrons. The summed E-state index contributed by atoms with van der Waals surface area (Å²) in [6, 6.07) is 42.0. The largest absolute Gasteiger partial charge is 0.454 e. The SMILES string of the molecule is CC1(C)c2cc3ccccc3cc2-c2cc3c(cc21)c1ccccc1n3-c1cccc2c1oc1ccccc12. The lowest BCUT2D eigenvalue weighted by Gasteiger charge is -2.22. The molecular weight excluding hydrogens is 474 g/mol. The molecular formula is C37H25NO. The van der Waals surface area contributed by atoms with Crippen LogP contribution in [0, 0.1) is 0 Å². The molecule has 0 amide bonds. The molecule has 1 aliphatic carbocycles. The van der Waals surface area contributed by atoms with E-state index in [0.717, 1.165) is 27.6 Å². The molecule has 2 nitrogen and oxygen atoms in total. The van der Waals surface area contributed by atoms with Crippen LogP contribution in [0.25, 0.3) is 71.3 Å². The van der Waals surface area contributed by atoms with Crippen molar-refractivity contribution in [2.75, 3.05) is 0 Å². The maximum Gasteiger partial charge on any atom is 0.159 e. The first kappa shape index (κ1) is 21.2. The van der Waals surface area contributed by atoms with Gasteiger partial charge in [0.15, 0.2) is 5.58 Å². The lowest BCUT2D eigenvalue weighted by Crippen LogP contribution is -2.14. The summed E-state index contributed by atoms with van der Waals surface area (Å²) >= 11 is 0. The van der Waals surface area contributed by atoms with Gasteiger partial charge in [0.25, 0.3) is 0 Å². The van der Waals surface area contributed by atoms with Crippen molar-refractivity contribution >= 4 is 54.5 Å². The lowest BCUT2D eigenvalue weighted by molar-refractivity contribution is 0.662. The summed E-state index contributed by atoms with van der Waals surface area (Å²) in [7, 11) is 0. The van der Waals surface area contributed by atoms with Crippen molar-refractivity contribution in [1.82, 2.24) is 4.57 Å². The van der Waals surface area contributed by atoms with Crippen LogP contribution in [0.1, 0.15) is 25.0 Å². The molecule has 1 aliphatic rings. The second-order valence-corrected chi connectivity index (χ2v) is 11.4. The molecule has 6 aromatic carbocycles. The third-order valence-electron chi connectivity index (χ3n) is 8.96. The van der Waals surface area contributed by atoms with Gasteiger partial charge < -0.3 is 8.98 Å². The Morgan fingerprint density at radius 1 is 0.538 bits per heavy atom. The number of furan rings is 1. The summed E-state index contributed by atoms with van der Waals surface area (Å²) in [5, 5.41) is 7.43. The van der Waals surface area contributed by atoms with E-state index in [1.165, 1.54) is 54.8 Å². The van der Waals surface area contributed by atoms with E-state index in [2.05, 4.69) is 128 Å². The van der Waals surface area contributed by atoms with Crippen molar-refractivity contribution < 1.29 is 4.42 Å². The predicted octanol–water partition coefficient (Wildman–Crippen LogP) is 10.1. The van der Waals surface area contributed by atoms with Crippen LogP contribution in [0.3, 0.4) is 0 Å². The summed E-state index contributed by atoms with van der Waals surface area (Å²) in [5.74, 6) is 0. The molecule has 2 heterocycles. The van der Waals surface area contributed by atoms with E-state index in [0.29, 0.717) is 0 Å². The number of rotatable bonds is 1. The number of aromatic nitrogens is 1. The summed E-state index contributed by atoms with van der Waals surface area (Å²) in [4.78, 5) is 0. The van der Waals surface area contributed by atoms with Gasteiger partial charge in [-0.3, -0.25) is 0 Å². The fourth-order valence-corrected chi connectivity index (χ4v) is 7.05. The molecule has 0 fully saturated rings. The molecule has 0 unspecified atom stereocenters. The Bertz CT molecular complexity index is 2310. The van der Waals surface area contributed by atoms with Crippen molar-refractivity contribution in [3.05, 3.63) is 126 Å². The van der Waals surface area contributed by atoms with Crippen LogP contribution >= 0.6 is 0 Å². The Labute approximate surface area is 225 Å². The molecule has 184 valence electrons. The molecule has 0 aliphatic heterocycles. The van der Waals surface area contributed by atoms with Gasteiger partial charge in [0.05, 0.1) is 16.7 Å². The number of benzene rings is 6. The second kappa shape index (κ2) is 7.18. The Hall–Kier alpha value is -4.82. The van der Waals surface area contributed by atoms with Crippen molar-refractivity contribution in [2.24, 2.45) is 0 Å². The van der Waals surface area contributed by atoms with Gasteiger partial charge in [-0.15, -0.1) is 0 Å². The highest BCUT2D eigenvalue weighted by Gasteiger charge is 2.36. The first-order valence-electron chi connectivity index (χ1n) is 13.6. The van der Waals surface area contributed by atoms with E-state index in [4.69, 9.17) is 4.42 Å². The number of hydrogen-bond acceptors (Lipinski definition) is 1. The molecule has 0 saturated heterocycles. The van der Waals surface area contributed by atoms with Crippen LogP contribution in [0.15, 0.2) is 120 Å². The maximum atomic E-state index is 6.51. The Morgan fingerprint density at radius 2 is 1.21 bits per heavy atom. The number of hydrogen-bond donors (Lipinski definition) is 0. The molecule has 2 aromatic heterocycles. The topological polar surface area (TPSA) is 18.1 Å². The smallest absolute Gasteiger partial charge is 0.159 e. The second-order valence-electron chi connectivity index (χ2n) is 11.4. The van der Waals surface area contributed by atoms with E-state index in [-0.39, 0.29) is 5.41 Å². The molecule has 0 N–H and O–H groups in total. The molecule has 0 saturated carbocycles. The summed E-state index contributed by atoms with van der Waals surface area (Å²) < 4.78 is 8.92. The highest BCUT2D eigenvalue weighted by Crippen LogP contribution is 2.52.